The van der Waals surface area contributed by atoms with Crippen molar-refractivity contribution in [3.05, 3.63) is 12.2 Å². The minimum atomic E-state index is -0.982. The van der Waals surface area contributed by atoms with E-state index in [1.807, 2.05) is 12.2 Å². The number of rotatable bonds is 2. The molecule has 0 saturated heterocycles. The van der Waals surface area contributed by atoms with Crippen molar-refractivity contribution in [1.29, 1.82) is 0 Å². The van der Waals surface area contributed by atoms with Crippen molar-refractivity contribution in [2.75, 3.05) is 0 Å². The fourth-order valence-electron chi connectivity index (χ4n) is 2.50. The summed E-state index contributed by atoms with van der Waals surface area (Å²) in [6.45, 7) is 0. The predicted molar refractivity (Wildman–Crippen MR) is 43.0 cm³/mol. The normalized spacial score (nSPS) is 38.0. The molecule has 2 aliphatic rings. The van der Waals surface area contributed by atoms with Crippen molar-refractivity contribution in [3.8, 4) is 0 Å². The molecular weight excluding hydrogens is 263 g/mol. The molecule has 4 atom stereocenters. The van der Waals surface area contributed by atoms with Crippen LogP contribution < -0.4 is 0 Å². The molecule has 0 radical (unpaired) electrons. The predicted octanol–water partition coefficient (Wildman–Crippen LogP) is 0.591. The Balaban J connectivity index is 0.000000980. The van der Waals surface area contributed by atoms with E-state index in [0.717, 1.165) is 0 Å². The van der Waals surface area contributed by atoms with Crippen LogP contribution in [0.1, 0.15) is 6.42 Å². The molecule has 0 aromatic heterocycles. The van der Waals surface area contributed by atoms with Gasteiger partial charge in [0.25, 0.3) is 0 Å². The Labute approximate surface area is 100 Å². The summed E-state index contributed by atoms with van der Waals surface area (Å²) in [5, 5.41) is 17.7. The number of hydrogen-bond donors (Lipinski definition) is 2. The van der Waals surface area contributed by atoms with Crippen molar-refractivity contribution in [3.63, 3.8) is 0 Å². The van der Waals surface area contributed by atoms with Gasteiger partial charge in [0.2, 0.25) is 0 Å². The van der Waals surface area contributed by atoms with Gasteiger partial charge in [0.15, 0.2) is 0 Å². The summed E-state index contributed by atoms with van der Waals surface area (Å²) in [7, 11) is 0. The fraction of sp³-hybridized carbons (Fsp3) is 0.556. The summed E-state index contributed by atoms with van der Waals surface area (Å²) in [6.07, 6.45) is 4.36. The van der Waals surface area contributed by atoms with Crippen LogP contribution in [0, 0.1) is 23.7 Å². The van der Waals surface area contributed by atoms with Gasteiger partial charge in [0.1, 0.15) is 0 Å². The van der Waals surface area contributed by atoms with E-state index in [9.17, 15) is 9.59 Å². The number of carboxylic acids is 2. The van der Waals surface area contributed by atoms with Gasteiger partial charge in [-0.1, -0.05) is 12.2 Å². The van der Waals surface area contributed by atoms with Gasteiger partial charge in [-0.25, -0.2) is 0 Å². The van der Waals surface area contributed by atoms with E-state index < -0.39 is 23.8 Å². The van der Waals surface area contributed by atoms with Gasteiger partial charge >= 0.3 is 11.9 Å². The zero-order valence-electron chi connectivity index (χ0n) is 7.38. The first kappa shape index (κ1) is 11.6. The molecule has 2 rings (SSSR count). The summed E-state index contributed by atoms with van der Waals surface area (Å²) in [4.78, 5) is 21.6. The molecule has 2 N–H and O–H groups in total. The number of fused-ring (bicyclic) bond motifs is 2. The van der Waals surface area contributed by atoms with Crippen LogP contribution in [0.5, 0.6) is 0 Å². The summed E-state index contributed by atoms with van der Waals surface area (Å²) in [6, 6.07) is 0. The van der Waals surface area contributed by atoms with Gasteiger partial charge in [-0.2, -0.15) is 0 Å². The average molecular weight is 273 g/mol. The van der Waals surface area contributed by atoms with Crippen LogP contribution in [-0.2, 0) is 35.8 Å². The average Bonchev–Trinajstić information content (AvgIpc) is 2.60. The van der Waals surface area contributed by atoms with Crippen molar-refractivity contribution in [2.45, 2.75) is 6.42 Å². The third-order valence-corrected chi connectivity index (χ3v) is 3.03. The zero-order chi connectivity index (χ0) is 9.59. The maximum absolute atomic E-state index is 10.8. The van der Waals surface area contributed by atoms with Crippen LogP contribution in [-0.4, -0.2) is 22.2 Å². The Morgan fingerprint density at radius 2 is 1.36 bits per heavy atom. The first-order valence-corrected chi connectivity index (χ1v) is 4.25. The Morgan fingerprint density at radius 3 is 1.64 bits per heavy atom. The van der Waals surface area contributed by atoms with E-state index in [-0.39, 0.29) is 38.0 Å². The van der Waals surface area contributed by atoms with Gasteiger partial charge in [-0.15, -0.1) is 0 Å². The molecule has 1 saturated carbocycles. The van der Waals surface area contributed by atoms with E-state index in [4.69, 9.17) is 10.2 Å². The molecule has 74 valence electrons. The summed E-state index contributed by atoms with van der Waals surface area (Å²) in [5.74, 6) is -3.53. The van der Waals surface area contributed by atoms with Crippen LogP contribution in [0.2, 0.25) is 0 Å². The SMILES string of the molecule is O=C(O)C1C2C=CC(C2)C1C(=O)O.[Zr]. The quantitative estimate of drug-likeness (QED) is 0.722. The number of allylic oxidation sites excluding steroid dienone is 2. The molecule has 0 aromatic carbocycles. The fourth-order valence-corrected chi connectivity index (χ4v) is 2.50. The molecule has 0 heterocycles. The second kappa shape index (κ2) is 3.97. The smallest absolute Gasteiger partial charge is 0.307 e. The molecule has 2 bridgehead atoms. The Hall–Kier alpha value is -0.437. The summed E-state index contributed by atoms with van der Waals surface area (Å²) in [5.41, 5.74) is 0. The van der Waals surface area contributed by atoms with Crippen molar-refractivity contribution >= 4 is 11.9 Å². The summed E-state index contributed by atoms with van der Waals surface area (Å²) < 4.78 is 0. The van der Waals surface area contributed by atoms with Crippen molar-refractivity contribution < 1.29 is 46.0 Å². The van der Waals surface area contributed by atoms with E-state index in [0.29, 0.717) is 6.42 Å². The minimum Gasteiger partial charge on any atom is -0.481 e. The first-order valence-electron chi connectivity index (χ1n) is 4.25. The maximum atomic E-state index is 10.8. The standard InChI is InChI=1S/C9H10O4.Zr/c10-8(11)6-4-1-2-5(3-4)7(6)9(12)13;/h1-2,4-7H,3H2,(H,10,11)(H,12,13);. The molecule has 0 spiro atoms. The van der Waals surface area contributed by atoms with E-state index >= 15 is 0 Å². The topological polar surface area (TPSA) is 74.6 Å². The molecule has 0 aromatic rings. The molecule has 1 fully saturated rings. The van der Waals surface area contributed by atoms with Gasteiger partial charge < -0.3 is 10.2 Å². The Bertz CT molecular complexity index is 271. The number of carboxylic acid groups (broad SMARTS) is 2. The van der Waals surface area contributed by atoms with Crippen LogP contribution >= 0.6 is 0 Å². The third kappa shape index (κ3) is 1.58. The Kier molecular flexibility index (Phi) is 3.30. The summed E-state index contributed by atoms with van der Waals surface area (Å²) >= 11 is 0. The maximum Gasteiger partial charge on any atom is 0.307 e. The molecule has 0 aliphatic heterocycles. The largest absolute Gasteiger partial charge is 0.481 e. The molecule has 4 unspecified atom stereocenters. The van der Waals surface area contributed by atoms with E-state index in [2.05, 4.69) is 0 Å². The van der Waals surface area contributed by atoms with Crippen LogP contribution in [0.3, 0.4) is 0 Å². The van der Waals surface area contributed by atoms with Gasteiger partial charge in [0.05, 0.1) is 11.8 Å². The molecule has 0 amide bonds. The first-order chi connectivity index (χ1) is 6.11. The number of aliphatic carboxylic acids is 2. The number of carbonyl (C=O) groups is 2. The van der Waals surface area contributed by atoms with Crippen LogP contribution in [0.15, 0.2) is 12.2 Å². The van der Waals surface area contributed by atoms with Crippen LogP contribution in [0.25, 0.3) is 0 Å². The van der Waals surface area contributed by atoms with Crippen molar-refractivity contribution in [2.24, 2.45) is 23.7 Å². The van der Waals surface area contributed by atoms with Gasteiger partial charge in [0, 0.05) is 26.2 Å². The van der Waals surface area contributed by atoms with Crippen LogP contribution in [0.4, 0.5) is 0 Å². The van der Waals surface area contributed by atoms with Gasteiger partial charge in [-0.3, -0.25) is 9.59 Å². The second-order valence-electron chi connectivity index (χ2n) is 3.68. The molecule has 4 nitrogen and oxygen atoms in total. The Morgan fingerprint density at radius 1 is 1.00 bits per heavy atom. The monoisotopic (exact) mass is 272 g/mol. The molecular formula is C9H10O4Zr. The van der Waals surface area contributed by atoms with Gasteiger partial charge in [-0.05, 0) is 18.3 Å². The van der Waals surface area contributed by atoms with Crippen molar-refractivity contribution in [1.82, 2.24) is 0 Å². The number of hydrogen-bond acceptors (Lipinski definition) is 2. The minimum absolute atomic E-state index is 0. The molecule has 2 aliphatic carbocycles. The van der Waals surface area contributed by atoms with E-state index in [1.54, 1.807) is 0 Å². The third-order valence-electron chi connectivity index (χ3n) is 3.03. The second-order valence-corrected chi connectivity index (χ2v) is 3.68. The molecule has 14 heavy (non-hydrogen) atoms. The van der Waals surface area contributed by atoms with E-state index in [1.165, 1.54) is 0 Å². The zero-order valence-corrected chi connectivity index (χ0v) is 9.84. The molecule has 5 heteroatoms.